The van der Waals surface area contributed by atoms with Crippen molar-refractivity contribution < 1.29 is 0 Å². The first-order chi connectivity index (χ1) is 33.7. The zero-order valence-corrected chi connectivity index (χ0v) is 38.0. The molecule has 68 heavy (non-hydrogen) atoms. The molecule has 0 saturated carbocycles. The van der Waals surface area contributed by atoms with Crippen molar-refractivity contribution in [3.05, 3.63) is 273 Å². The molecule has 0 aliphatic rings. The van der Waals surface area contributed by atoms with Crippen LogP contribution in [-0.2, 0) is 0 Å². The van der Waals surface area contributed by atoms with E-state index in [9.17, 15) is 0 Å². The van der Waals surface area contributed by atoms with E-state index >= 15 is 0 Å². The lowest BCUT2D eigenvalue weighted by Gasteiger charge is -2.27. The van der Waals surface area contributed by atoms with Crippen LogP contribution in [0.4, 0.5) is 51.2 Å². The molecule has 3 nitrogen and oxygen atoms in total. The maximum atomic E-state index is 2.42. The number of hydrogen-bond acceptors (Lipinski definition) is 4. The van der Waals surface area contributed by atoms with Gasteiger partial charge in [-0.25, -0.2) is 0 Å². The van der Waals surface area contributed by atoms with Crippen LogP contribution in [0.3, 0.4) is 0 Å². The average Bonchev–Trinajstić information content (AvgIpc) is 3.79. The molecule has 4 heteroatoms. The summed E-state index contributed by atoms with van der Waals surface area (Å²) >= 11 is 1.87. The average molecular weight is 888 g/mol. The second-order valence-electron chi connectivity index (χ2n) is 16.9. The second kappa shape index (κ2) is 17.9. The van der Waals surface area contributed by atoms with Crippen molar-refractivity contribution in [3.63, 3.8) is 0 Å². The third kappa shape index (κ3) is 7.63. The Balaban J connectivity index is 1.06. The Labute approximate surface area is 401 Å². The first-order valence-electron chi connectivity index (χ1n) is 23.1. The number of nitrogens with zero attached hydrogens (tertiary/aromatic N) is 3. The highest BCUT2D eigenvalue weighted by Gasteiger charge is 2.22. The van der Waals surface area contributed by atoms with Gasteiger partial charge in [0.1, 0.15) is 0 Å². The topological polar surface area (TPSA) is 9.72 Å². The Kier molecular flexibility index (Phi) is 10.8. The summed E-state index contributed by atoms with van der Waals surface area (Å²) in [5.41, 5.74) is 14.7. The zero-order valence-electron chi connectivity index (χ0n) is 37.2. The number of para-hydroxylation sites is 6. The minimum atomic E-state index is 1.09. The molecule has 322 valence electrons. The first kappa shape index (κ1) is 40.8. The molecule has 0 N–H and O–H groups in total. The molecule has 0 bridgehead atoms. The number of hydrogen-bond donors (Lipinski definition) is 0. The monoisotopic (exact) mass is 887 g/mol. The molecule has 1 heterocycles. The highest BCUT2D eigenvalue weighted by Crippen LogP contribution is 2.49. The summed E-state index contributed by atoms with van der Waals surface area (Å²) in [7, 11) is 0. The van der Waals surface area contributed by atoms with Crippen molar-refractivity contribution in [2.45, 2.75) is 0 Å². The van der Waals surface area contributed by atoms with Gasteiger partial charge in [0, 0.05) is 60.7 Å². The van der Waals surface area contributed by atoms with Crippen LogP contribution in [-0.4, -0.2) is 0 Å². The van der Waals surface area contributed by atoms with E-state index in [1.165, 1.54) is 42.1 Å². The molecule has 1 aromatic heterocycles. The SMILES string of the molecule is c1ccc(N(c2ccccc2)c2cccc(-c3cc(N(c4ccccc4)c4ccccc4)c4sc5ccc(-c6ccc(N(c7ccccc7)c7ccccc7)c7ccccc67)cc5c4c3)c2)cc1. The van der Waals surface area contributed by atoms with Crippen molar-refractivity contribution in [1.82, 2.24) is 0 Å². The quantitative estimate of drug-likeness (QED) is 0.128. The van der Waals surface area contributed by atoms with Crippen LogP contribution in [0.2, 0.25) is 0 Å². The van der Waals surface area contributed by atoms with Crippen LogP contribution < -0.4 is 14.7 Å². The van der Waals surface area contributed by atoms with E-state index in [1.807, 2.05) is 11.3 Å². The number of fused-ring (bicyclic) bond motifs is 4. The Morgan fingerprint density at radius 1 is 0.235 bits per heavy atom. The van der Waals surface area contributed by atoms with Crippen molar-refractivity contribution in [2.24, 2.45) is 0 Å². The number of benzene rings is 11. The first-order valence-corrected chi connectivity index (χ1v) is 23.9. The molecular weight excluding hydrogens is 843 g/mol. The van der Waals surface area contributed by atoms with Gasteiger partial charge in [-0.2, -0.15) is 0 Å². The van der Waals surface area contributed by atoms with Gasteiger partial charge in [-0.15, -0.1) is 11.3 Å². The van der Waals surface area contributed by atoms with Gasteiger partial charge in [0.05, 0.1) is 16.1 Å². The fourth-order valence-corrected chi connectivity index (χ4v) is 10.8. The fourth-order valence-electron chi connectivity index (χ4n) is 9.68. The summed E-state index contributed by atoms with van der Waals surface area (Å²) in [4.78, 5) is 7.12. The molecule has 0 aliphatic heterocycles. The molecule has 11 aromatic carbocycles. The fraction of sp³-hybridized carbons (Fsp3) is 0. The van der Waals surface area contributed by atoms with Gasteiger partial charge < -0.3 is 14.7 Å². The molecule has 0 spiro atoms. The van der Waals surface area contributed by atoms with E-state index in [0.29, 0.717) is 0 Å². The summed E-state index contributed by atoms with van der Waals surface area (Å²) in [6.07, 6.45) is 0. The molecule has 0 saturated heterocycles. The second-order valence-corrected chi connectivity index (χ2v) is 18.0. The number of rotatable bonds is 11. The molecule has 12 rings (SSSR count). The lowest BCUT2D eigenvalue weighted by atomic mass is 9.94. The van der Waals surface area contributed by atoms with Gasteiger partial charge in [-0.3, -0.25) is 0 Å². The molecule has 0 unspecified atom stereocenters. The Morgan fingerprint density at radius 2 is 0.676 bits per heavy atom. The maximum absolute atomic E-state index is 2.42. The van der Waals surface area contributed by atoms with Crippen LogP contribution in [0, 0.1) is 0 Å². The van der Waals surface area contributed by atoms with Crippen molar-refractivity contribution in [2.75, 3.05) is 14.7 Å². The van der Waals surface area contributed by atoms with Gasteiger partial charge in [0.25, 0.3) is 0 Å². The summed E-state index contributed by atoms with van der Waals surface area (Å²) < 4.78 is 2.48. The van der Waals surface area contributed by atoms with Crippen LogP contribution in [0.15, 0.2) is 273 Å². The van der Waals surface area contributed by atoms with Gasteiger partial charge in [0.2, 0.25) is 0 Å². The summed E-state index contributed by atoms with van der Waals surface area (Å²) in [6.45, 7) is 0. The standard InChI is InChI=1S/C64H45N3S/c1-7-23-49(24-8-1)65(50-25-9-2-10-26-50)55-35-21-22-46(42-55)48-44-60-59-43-47(38-41-63(59)68-64(60)62(45-48)67(53-31-15-5-16-32-53)54-33-17-6-18-34-54)56-39-40-61(58-37-20-19-36-57(56)58)66(51-27-11-3-12-28-51)52-29-13-4-14-30-52/h1-45H. The summed E-state index contributed by atoms with van der Waals surface area (Å²) in [6, 6.07) is 98.5. The predicted octanol–water partition coefficient (Wildman–Crippen LogP) is 19.0. The van der Waals surface area contributed by atoms with Crippen molar-refractivity contribution in [1.29, 1.82) is 0 Å². The van der Waals surface area contributed by atoms with Crippen LogP contribution in [0.25, 0.3) is 53.2 Å². The van der Waals surface area contributed by atoms with E-state index in [-0.39, 0.29) is 0 Å². The molecule has 0 radical (unpaired) electrons. The molecule has 0 aliphatic carbocycles. The maximum Gasteiger partial charge on any atom is 0.0646 e. The number of thiophene rings is 1. The smallest absolute Gasteiger partial charge is 0.0646 e. The highest BCUT2D eigenvalue weighted by molar-refractivity contribution is 7.26. The molecule has 0 fully saturated rings. The van der Waals surface area contributed by atoms with Crippen LogP contribution in [0.1, 0.15) is 0 Å². The van der Waals surface area contributed by atoms with E-state index in [2.05, 4.69) is 288 Å². The highest BCUT2D eigenvalue weighted by atomic mass is 32.1. The van der Waals surface area contributed by atoms with Gasteiger partial charge in [-0.05, 0) is 143 Å². The van der Waals surface area contributed by atoms with Gasteiger partial charge >= 0.3 is 0 Å². The molecular formula is C64H45N3S. The predicted molar refractivity (Wildman–Crippen MR) is 292 cm³/mol. The minimum absolute atomic E-state index is 1.09. The lowest BCUT2D eigenvalue weighted by molar-refractivity contribution is 1.28. The van der Waals surface area contributed by atoms with Crippen LogP contribution >= 0.6 is 11.3 Å². The zero-order chi connectivity index (χ0) is 45.2. The third-order valence-corrected chi connectivity index (χ3v) is 14.0. The van der Waals surface area contributed by atoms with Crippen molar-refractivity contribution in [3.8, 4) is 22.3 Å². The Hall–Kier alpha value is -8.70. The van der Waals surface area contributed by atoms with Crippen molar-refractivity contribution >= 4 is 93.5 Å². The third-order valence-electron chi connectivity index (χ3n) is 12.8. The van der Waals surface area contributed by atoms with E-state index in [4.69, 9.17) is 0 Å². The summed E-state index contributed by atoms with van der Waals surface area (Å²) in [5.74, 6) is 0. The lowest BCUT2D eigenvalue weighted by Crippen LogP contribution is -2.10. The van der Waals surface area contributed by atoms with Gasteiger partial charge in [0.15, 0.2) is 0 Å². The van der Waals surface area contributed by atoms with E-state index in [0.717, 1.165) is 62.3 Å². The normalized spacial score (nSPS) is 11.2. The summed E-state index contributed by atoms with van der Waals surface area (Å²) in [5, 5.41) is 4.87. The van der Waals surface area contributed by atoms with E-state index < -0.39 is 0 Å². The Bertz CT molecular complexity index is 3550. The molecule has 0 amide bonds. The largest absolute Gasteiger partial charge is 0.310 e. The Morgan fingerprint density at radius 3 is 1.21 bits per heavy atom. The molecule has 12 aromatic rings. The molecule has 0 atom stereocenters. The van der Waals surface area contributed by atoms with Gasteiger partial charge in [-0.1, -0.05) is 158 Å². The van der Waals surface area contributed by atoms with E-state index in [1.54, 1.807) is 0 Å². The minimum Gasteiger partial charge on any atom is -0.310 e. The van der Waals surface area contributed by atoms with Crippen LogP contribution in [0.5, 0.6) is 0 Å². The number of anilines is 9.